The number of fused-ring (bicyclic) bond motifs is 4. The maximum atomic E-state index is 6.26. The molecule has 65 heavy (non-hydrogen) atoms. The number of anilines is 1. The van der Waals surface area contributed by atoms with Gasteiger partial charge in [0.05, 0.1) is 45.2 Å². The minimum atomic E-state index is 0.540. The molecule has 14 nitrogen and oxygen atoms in total. The lowest BCUT2D eigenvalue weighted by molar-refractivity contribution is 0.724. The number of hydrogen-bond donors (Lipinski definition) is 6. The first kappa shape index (κ1) is 37.8. The zero-order valence-electron chi connectivity index (χ0n) is 34.9. The number of pyridine rings is 6. The number of nitrogens with zero attached hydrogens (tertiary/aromatic N) is 8. The summed E-state index contributed by atoms with van der Waals surface area (Å²) in [5, 5.41) is 21.6. The van der Waals surface area contributed by atoms with Crippen molar-refractivity contribution in [3.8, 4) is 78.8 Å². The second kappa shape index (κ2) is 15.5. The number of hydrogen-bond acceptors (Lipinski definition) is 10. The summed E-state index contributed by atoms with van der Waals surface area (Å²) in [6, 6.07) is 35.0. The molecule has 0 atom stereocenters. The summed E-state index contributed by atoms with van der Waals surface area (Å²) in [6.07, 6.45) is 12.6. The fraction of sp³-hybridized carbons (Fsp3) is 0.0588. The van der Waals surface area contributed by atoms with Crippen LogP contribution >= 0.6 is 0 Å². The van der Waals surface area contributed by atoms with Crippen molar-refractivity contribution in [2.75, 3.05) is 12.3 Å². The Labute approximate surface area is 370 Å². The zero-order valence-corrected chi connectivity index (χ0v) is 34.9. The van der Waals surface area contributed by atoms with Gasteiger partial charge in [-0.1, -0.05) is 31.2 Å². The fourth-order valence-electron chi connectivity index (χ4n) is 8.72. The van der Waals surface area contributed by atoms with Gasteiger partial charge in [0.2, 0.25) is 0 Å². The van der Waals surface area contributed by atoms with E-state index in [1.165, 1.54) is 0 Å². The highest BCUT2D eigenvalue weighted by Crippen LogP contribution is 2.40. The zero-order chi connectivity index (χ0) is 43.4. The Hall–Kier alpha value is -8.88. The molecule has 12 rings (SSSR count). The van der Waals surface area contributed by atoms with E-state index in [9.17, 15) is 0 Å². The number of rotatable bonds is 10. The molecule has 7 N–H and O–H groups in total. The van der Waals surface area contributed by atoms with E-state index in [2.05, 4.69) is 102 Å². The Morgan fingerprint density at radius 1 is 0.538 bits per heavy atom. The van der Waals surface area contributed by atoms with Crippen LogP contribution in [0.4, 0.5) is 5.69 Å². The maximum absolute atomic E-state index is 6.26. The number of nitrogen functional groups attached to an aromatic ring is 1. The third-order valence-electron chi connectivity index (χ3n) is 11.8. The Morgan fingerprint density at radius 3 is 2.00 bits per heavy atom. The molecular formula is C51H38N14. The fourth-order valence-corrected chi connectivity index (χ4v) is 8.72. The third-order valence-corrected chi connectivity index (χ3v) is 11.8. The van der Waals surface area contributed by atoms with Crippen LogP contribution in [-0.4, -0.2) is 66.8 Å². The van der Waals surface area contributed by atoms with Crippen LogP contribution in [0.15, 0.2) is 147 Å². The first-order valence-corrected chi connectivity index (χ1v) is 21.3. The monoisotopic (exact) mass is 846 g/mol. The third kappa shape index (κ3) is 6.72. The molecule has 0 spiro atoms. The van der Waals surface area contributed by atoms with Crippen LogP contribution in [0.1, 0.15) is 12.5 Å². The standard InChI is InChI=1S/C51H38N14/c1-2-53-23-28-17-31(25-55-24-28)39-9-10-42-48(60-39)49(64-62-42)45-21-37-35(6-4-8-41(37)58-45)30-13-16-57-44(19-30)38-22-43(32-18-33(52)27-56-26-32)61-51-47(38)63-65-50(51)46-20-36-34(5-3-7-40(36)59-46)29-11-14-54-15-12-29/h3-22,24-27,53,58-59H,2,23,52H2,1H3,(H,62,64)(H,63,65). The average molecular weight is 847 g/mol. The van der Waals surface area contributed by atoms with E-state index in [0.717, 1.165) is 124 Å². The van der Waals surface area contributed by atoms with E-state index < -0.39 is 0 Å². The van der Waals surface area contributed by atoms with Gasteiger partial charge in [-0.3, -0.25) is 30.1 Å². The Balaban J connectivity index is 0.953. The predicted octanol–water partition coefficient (Wildman–Crippen LogP) is 10.1. The predicted molar refractivity (Wildman–Crippen MR) is 256 cm³/mol. The molecule has 0 fully saturated rings. The minimum absolute atomic E-state index is 0.540. The average Bonchev–Trinajstić information content (AvgIpc) is 4.18. The molecule has 0 aliphatic heterocycles. The first-order valence-electron chi connectivity index (χ1n) is 21.3. The summed E-state index contributed by atoms with van der Waals surface area (Å²) < 4.78 is 0. The highest BCUT2D eigenvalue weighted by atomic mass is 15.1. The number of nitrogens with two attached hydrogens (primary N) is 1. The number of H-pyrrole nitrogens is 4. The van der Waals surface area contributed by atoms with Gasteiger partial charge in [-0.2, -0.15) is 10.2 Å². The van der Waals surface area contributed by atoms with Crippen LogP contribution in [0, 0.1) is 0 Å². The number of aromatic amines is 4. The highest BCUT2D eigenvalue weighted by molar-refractivity contribution is 6.05. The summed E-state index contributed by atoms with van der Waals surface area (Å²) in [6.45, 7) is 3.72. The summed E-state index contributed by atoms with van der Waals surface area (Å²) >= 11 is 0. The quantitative estimate of drug-likeness (QED) is 0.0768. The van der Waals surface area contributed by atoms with Crippen LogP contribution in [-0.2, 0) is 6.54 Å². The van der Waals surface area contributed by atoms with Crippen molar-refractivity contribution in [1.29, 1.82) is 0 Å². The molecular weight excluding hydrogens is 809 g/mol. The van der Waals surface area contributed by atoms with E-state index in [0.29, 0.717) is 22.6 Å². The molecule has 10 heterocycles. The van der Waals surface area contributed by atoms with E-state index in [1.807, 2.05) is 67.1 Å². The van der Waals surface area contributed by atoms with Gasteiger partial charge in [0, 0.05) is 88.4 Å². The molecule has 312 valence electrons. The first-order chi connectivity index (χ1) is 32.0. The Bertz CT molecular complexity index is 3750. The molecule has 0 aliphatic carbocycles. The van der Waals surface area contributed by atoms with E-state index in [1.54, 1.807) is 24.8 Å². The molecule has 0 saturated heterocycles. The molecule has 0 radical (unpaired) electrons. The molecule has 12 aromatic rings. The maximum Gasteiger partial charge on any atom is 0.135 e. The van der Waals surface area contributed by atoms with E-state index in [4.69, 9.17) is 30.9 Å². The molecule has 0 unspecified atom stereocenters. The Kier molecular flexibility index (Phi) is 9.01. The highest BCUT2D eigenvalue weighted by Gasteiger charge is 2.21. The largest absolute Gasteiger partial charge is 0.397 e. The lowest BCUT2D eigenvalue weighted by Gasteiger charge is -2.10. The van der Waals surface area contributed by atoms with Gasteiger partial charge in [0.1, 0.15) is 22.4 Å². The van der Waals surface area contributed by atoms with Crippen molar-refractivity contribution >= 4 is 49.6 Å². The van der Waals surface area contributed by atoms with Crippen LogP contribution in [0.5, 0.6) is 0 Å². The SMILES string of the molecule is CCNCc1cncc(-c2ccc3[nH]nc(-c4cc5c(-c6ccnc(-c7cc(-c8cncc(N)c8)nc8c(-c9cc%10c(-c%11ccncc%11)cccc%10[nH]9)n[nH]c78)c6)cccc5[nH]4)c3n2)c1. The van der Waals surface area contributed by atoms with Crippen molar-refractivity contribution < 1.29 is 0 Å². The van der Waals surface area contributed by atoms with Gasteiger partial charge in [-0.25, -0.2) is 9.97 Å². The van der Waals surface area contributed by atoms with Crippen molar-refractivity contribution in [3.63, 3.8) is 0 Å². The van der Waals surface area contributed by atoms with Gasteiger partial charge in [0.15, 0.2) is 0 Å². The minimum Gasteiger partial charge on any atom is -0.397 e. The second-order valence-corrected chi connectivity index (χ2v) is 16.0. The normalized spacial score (nSPS) is 11.7. The summed E-state index contributed by atoms with van der Waals surface area (Å²) in [5.41, 5.74) is 25.0. The molecule has 0 bridgehead atoms. The van der Waals surface area contributed by atoms with Crippen molar-refractivity contribution in [2.45, 2.75) is 13.5 Å². The molecule has 2 aromatic carbocycles. The van der Waals surface area contributed by atoms with Crippen LogP contribution < -0.4 is 11.1 Å². The Morgan fingerprint density at radius 2 is 1.23 bits per heavy atom. The van der Waals surface area contributed by atoms with Crippen LogP contribution in [0.2, 0.25) is 0 Å². The van der Waals surface area contributed by atoms with Crippen LogP contribution in [0.3, 0.4) is 0 Å². The summed E-state index contributed by atoms with van der Waals surface area (Å²) in [5.74, 6) is 0. The van der Waals surface area contributed by atoms with Gasteiger partial charge in [-0.15, -0.1) is 0 Å². The summed E-state index contributed by atoms with van der Waals surface area (Å²) in [7, 11) is 0. The van der Waals surface area contributed by atoms with Gasteiger partial charge in [0.25, 0.3) is 0 Å². The number of benzene rings is 2. The van der Waals surface area contributed by atoms with Gasteiger partial charge < -0.3 is 21.0 Å². The van der Waals surface area contributed by atoms with E-state index in [-0.39, 0.29) is 0 Å². The van der Waals surface area contributed by atoms with Crippen molar-refractivity contribution in [2.24, 2.45) is 0 Å². The van der Waals surface area contributed by atoms with Crippen molar-refractivity contribution in [1.82, 2.24) is 65.6 Å². The molecule has 14 heteroatoms. The van der Waals surface area contributed by atoms with Crippen molar-refractivity contribution in [3.05, 3.63) is 152 Å². The molecule has 0 amide bonds. The van der Waals surface area contributed by atoms with Gasteiger partial charge in [-0.05, 0) is 113 Å². The van der Waals surface area contributed by atoms with E-state index >= 15 is 0 Å². The molecule has 0 aliphatic rings. The topological polar surface area (TPSA) is 204 Å². The smallest absolute Gasteiger partial charge is 0.135 e. The molecule has 0 saturated carbocycles. The second-order valence-electron chi connectivity index (χ2n) is 16.0. The van der Waals surface area contributed by atoms with Gasteiger partial charge >= 0.3 is 0 Å². The number of nitrogens with one attached hydrogen (secondary N) is 5. The lowest BCUT2D eigenvalue weighted by Crippen LogP contribution is -2.11. The summed E-state index contributed by atoms with van der Waals surface area (Å²) in [4.78, 5) is 35.6. The molecule has 10 aromatic heterocycles. The van der Waals surface area contributed by atoms with Crippen LogP contribution in [0.25, 0.3) is 123 Å². The lowest BCUT2D eigenvalue weighted by atomic mass is 9.99. The number of aromatic nitrogens is 12.